The first-order valence-corrected chi connectivity index (χ1v) is 10.2. The summed E-state index contributed by atoms with van der Waals surface area (Å²) in [7, 11) is 5.25. The van der Waals surface area contributed by atoms with Crippen LogP contribution in [0.15, 0.2) is 24.3 Å². The van der Waals surface area contributed by atoms with Gasteiger partial charge in [-0.15, -0.1) is 0 Å². The topological polar surface area (TPSA) is 59.1 Å². The second kappa shape index (κ2) is 8.95. The van der Waals surface area contributed by atoms with Gasteiger partial charge in [-0.05, 0) is 49.3 Å². The van der Waals surface area contributed by atoms with Crippen molar-refractivity contribution in [2.45, 2.75) is 44.1 Å². The molecule has 2 saturated heterocycles. The number of amides is 2. The van der Waals surface area contributed by atoms with Gasteiger partial charge in [0.15, 0.2) is 0 Å². The van der Waals surface area contributed by atoms with E-state index < -0.39 is 0 Å². The molecule has 0 saturated carbocycles. The summed E-state index contributed by atoms with van der Waals surface area (Å²) in [4.78, 5) is 28.4. The Bertz CT molecular complexity index is 696. The van der Waals surface area contributed by atoms with Crippen LogP contribution in [0.5, 0.6) is 5.75 Å². The molecule has 2 amide bonds. The predicted octanol–water partition coefficient (Wildman–Crippen LogP) is 2.50. The van der Waals surface area contributed by atoms with Gasteiger partial charge >= 0.3 is 0 Å². The summed E-state index contributed by atoms with van der Waals surface area (Å²) in [6.45, 7) is 2.15. The Morgan fingerprint density at radius 3 is 2.71 bits per heavy atom. The molecule has 0 N–H and O–H groups in total. The van der Waals surface area contributed by atoms with E-state index in [1.54, 1.807) is 12.0 Å². The molecule has 0 bridgehead atoms. The van der Waals surface area contributed by atoms with Crippen molar-refractivity contribution in [3.8, 4) is 5.75 Å². The minimum atomic E-state index is -0.164. The Morgan fingerprint density at radius 1 is 1.29 bits per heavy atom. The average Bonchev–Trinajstić information content (AvgIpc) is 2.68. The second-order valence-electron chi connectivity index (χ2n) is 8.29. The van der Waals surface area contributed by atoms with E-state index >= 15 is 0 Å². The average molecular weight is 389 g/mol. The molecule has 1 atom stereocenters. The largest absolute Gasteiger partial charge is 0.497 e. The van der Waals surface area contributed by atoms with Gasteiger partial charge in [0.05, 0.1) is 19.1 Å². The smallest absolute Gasteiger partial charge is 0.226 e. The fraction of sp³-hybridized carbons (Fsp3) is 0.636. The van der Waals surface area contributed by atoms with Crippen molar-refractivity contribution in [3.05, 3.63) is 29.8 Å². The number of likely N-dealkylation sites (tertiary alicyclic amines) is 1. The van der Waals surface area contributed by atoms with E-state index in [1.807, 2.05) is 43.3 Å². The van der Waals surface area contributed by atoms with E-state index in [4.69, 9.17) is 9.47 Å². The normalized spacial score (nSPS) is 21.4. The van der Waals surface area contributed by atoms with Crippen molar-refractivity contribution >= 4 is 11.8 Å². The summed E-state index contributed by atoms with van der Waals surface area (Å²) in [5, 5.41) is 0. The Hall–Kier alpha value is -2.08. The highest BCUT2D eigenvalue weighted by Crippen LogP contribution is 2.39. The van der Waals surface area contributed by atoms with Gasteiger partial charge in [0.2, 0.25) is 11.8 Å². The molecule has 0 aliphatic carbocycles. The zero-order chi connectivity index (χ0) is 20.1. The standard InChI is InChI=1S/C22H32N2O4/c1-23(2)20(25)15-18-7-12-28-22(16-18)8-10-24(11-9-22)21(26)14-17-5-4-6-19(13-17)27-3/h4-6,13,18H,7-12,14-16H2,1-3H3. The molecule has 1 aromatic carbocycles. The minimum Gasteiger partial charge on any atom is -0.497 e. The fourth-order valence-electron chi connectivity index (χ4n) is 4.31. The SMILES string of the molecule is COc1cccc(CC(=O)N2CCC3(CC2)CC(CC(=O)N(C)C)CCO3)c1. The van der Waals surface area contributed by atoms with Crippen molar-refractivity contribution in [1.29, 1.82) is 0 Å². The van der Waals surface area contributed by atoms with Crippen molar-refractivity contribution in [1.82, 2.24) is 9.80 Å². The van der Waals surface area contributed by atoms with Gasteiger partial charge in [0.1, 0.15) is 5.75 Å². The fourth-order valence-corrected chi connectivity index (χ4v) is 4.31. The molecule has 0 aromatic heterocycles. The number of carbonyl (C=O) groups is 2. The van der Waals surface area contributed by atoms with Gasteiger partial charge < -0.3 is 19.3 Å². The quantitative estimate of drug-likeness (QED) is 0.778. The van der Waals surface area contributed by atoms with Crippen LogP contribution < -0.4 is 4.74 Å². The summed E-state index contributed by atoms with van der Waals surface area (Å²) in [6.07, 6.45) is 4.55. The Morgan fingerprint density at radius 2 is 2.04 bits per heavy atom. The van der Waals surface area contributed by atoms with Crippen LogP contribution in [0.25, 0.3) is 0 Å². The van der Waals surface area contributed by atoms with Crippen LogP contribution in [0.4, 0.5) is 0 Å². The molecule has 1 unspecified atom stereocenters. The van der Waals surface area contributed by atoms with Gasteiger partial charge in [-0.3, -0.25) is 9.59 Å². The molecule has 2 aliphatic rings. The highest BCUT2D eigenvalue weighted by Gasteiger charge is 2.41. The molecule has 0 radical (unpaired) electrons. The van der Waals surface area contributed by atoms with E-state index in [-0.39, 0.29) is 17.4 Å². The van der Waals surface area contributed by atoms with Crippen LogP contribution in [0.2, 0.25) is 0 Å². The van der Waals surface area contributed by atoms with Crippen molar-refractivity contribution in [2.24, 2.45) is 5.92 Å². The first kappa shape index (κ1) is 20.6. The van der Waals surface area contributed by atoms with E-state index in [2.05, 4.69) is 0 Å². The summed E-state index contributed by atoms with van der Waals surface area (Å²) in [6, 6.07) is 7.68. The van der Waals surface area contributed by atoms with Crippen molar-refractivity contribution < 1.29 is 19.1 Å². The molecular weight excluding hydrogens is 356 g/mol. The zero-order valence-corrected chi connectivity index (χ0v) is 17.3. The van der Waals surface area contributed by atoms with Crippen LogP contribution in [-0.4, -0.2) is 68.1 Å². The van der Waals surface area contributed by atoms with E-state index in [1.165, 1.54) is 0 Å². The maximum absolute atomic E-state index is 12.7. The van der Waals surface area contributed by atoms with E-state index in [0.717, 1.165) is 50.1 Å². The first-order chi connectivity index (χ1) is 13.4. The lowest BCUT2D eigenvalue weighted by atomic mass is 9.78. The second-order valence-corrected chi connectivity index (χ2v) is 8.29. The molecule has 6 heteroatoms. The molecule has 3 rings (SSSR count). The van der Waals surface area contributed by atoms with E-state index in [9.17, 15) is 9.59 Å². The van der Waals surface area contributed by atoms with Crippen LogP contribution in [0.3, 0.4) is 0 Å². The molecular formula is C22H32N2O4. The number of hydrogen-bond acceptors (Lipinski definition) is 4. The van der Waals surface area contributed by atoms with E-state index in [0.29, 0.717) is 25.4 Å². The van der Waals surface area contributed by atoms with Crippen molar-refractivity contribution in [2.75, 3.05) is 40.9 Å². The maximum atomic E-state index is 12.7. The van der Waals surface area contributed by atoms with Crippen LogP contribution >= 0.6 is 0 Å². The Balaban J connectivity index is 1.53. The highest BCUT2D eigenvalue weighted by molar-refractivity contribution is 5.79. The molecule has 2 heterocycles. The maximum Gasteiger partial charge on any atom is 0.226 e. The van der Waals surface area contributed by atoms with Gasteiger partial charge in [0, 0.05) is 40.2 Å². The summed E-state index contributed by atoms with van der Waals surface area (Å²) < 4.78 is 11.4. The molecule has 28 heavy (non-hydrogen) atoms. The third kappa shape index (κ3) is 5.04. The molecule has 1 spiro atoms. The van der Waals surface area contributed by atoms with Crippen LogP contribution in [-0.2, 0) is 20.7 Å². The highest BCUT2D eigenvalue weighted by atomic mass is 16.5. The van der Waals surface area contributed by atoms with Gasteiger partial charge in [-0.1, -0.05) is 12.1 Å². The monoisotopic (exact) mass is 388 g/mol. The molecule has 154 valence electrons. The molecule has 1 aromatic rings. The Kier molecular flexibility index (Phi) is 6.60. The lowest BCUT2D eigenvalue weighted by molar-refractivity contribution is -0.149. The lowest BCUT2D eigenvalue weighted by Gasteiger charge is -2.46. The summed E-state index contributed by atoms with van der Waals surface area (Å²) in [5.41, 5.74) is 0.809. The third-order valence-electron chi connectivity index (χ3n) is 6.07. The van der Waals surface area contributed by atoms with Crippen molar-refractivity contribution in [3.63, 3.8) is 0 Å². The van der Waals surface area contributed by atoms with Crippen LogP contribution in [0.1, 0.15) is 37.7 Å². The van der Waals surface area contributed by atoms with Crippen LogP contribution in [0, 0.1) is 5.92 Å². The van der Waals surface area contributed by atoms with Gasteiger partial charge in [-0.25, -0.2) is 0 Å². The number of ether oxygens (including phenoxy) is 2. The number of hydrogen-bond donors (Lipinski definition) is 0. The number of piperidine rings is 1. The summed E-state index contributed by atoms with van der Waals surface area (Å²) in [5.74, 6) is 1.49. The number of carbonyl (C=O) groups excluding carboxylic acids is 2. The van der Waals surface area contributed by atoms with Gasteiger partial charge in [-0.2, -0.15) is 0 Å². The third-order valence-corrected chi connectivity index (χ3v) is 6.07. The first-order valence-electron chi connectivity index (χ1n) is 10.2. The lowest BCUT2D eigenvalue weighted by Crippen LogP contribution is -2.51. The molecule has 6 nitrogen and oxygen atoms in total. The predicted molar refractivity (Wildman–Crippen MR) is 107 cm³/mol. The molecule has 2 aliphatic heterocycles. The summed E-state index contributed by atoms with van der Waals surface area (Å²) >= 11 is 0. The minimum absolute atomic E-state index is 0.151. The number of benzene rings is 1. The zero-order valence-electron chi connectivity index (χ0n) is 17.3. The number of rotatable bonds is 5. The number of methoxy groups -OCH3 is 1. The molecule has 2 fully saturated rings. The number of nitrogens with zero attached hydrogens (tertiary/aromatic N) is 2. The Labute approximate surface area is 167 Å². The van der Waals surface area contributed by atoms with Gasteiger partial charge in [0.25, 0.3) is 0 Å².